The fourth-order valence-corrected chi connectivity index (χ4v) is 0.114. The van der Waals surface area contributed by atoms with Gasteiger partial charge < -0.3 is 4.74 Å². The highest BCUT2D eigenvalue weighted by Crippen LogP contribution is 1.84. The van der Waals surface area contributed by atoms with E-state index in [4.69, 9.17) is 0 Å². The maximum absolute atomic E-state index is 9.88. The summed E-state index contributed by atoms with van der Waals surface area (Å²) < 4.78 is 3.96. The minimum Gasteiger partial charge on any atom is -0.463 e. The first-order valence-corrected chi connectivity index (χ1v) is 1.62. The van der Waals surface area contributed by atoms with Gasteiger partial charge in [-0.2, -0.15) is 0 Å². The summed E-state index contributed by atoms with van der Waals surface area (Å²) in [5.41, 5.74) is 0. The fourth-order valence-electron chi connectivity index (χ4n) is 0.114. The smallest absolute Gasteiger partial charge is 0.378 e. The van der Waals surface area contributed by atoms with Crippen LogP contribution in [0.2, 0.25) is 0 Å². The maximum Gasteiger partial charge on any atom is 0.378 e. The van der Waals surface area contributed by atoms with E-state index in [1.165, 1.54) is 0 Å². The highest BCUT2D eigenvalue weighted by molar-refractivity contribution is 5.84. The van der Waals surface area contributed by atoms with Crippen molar-refractivity contribution in [1.82, 2.24) is 0 Å². The van der Waals surface area contributed by atoms with Crippen LogP contribution < -0.4 is 0 Å². The number of hydrogen-bond donors (Lipinski definition) is 0. The Hall–Kier alpha value is -0.990. The van der Waals surface area contributed by atoms with E-state index in [0.29, 0.717) is 0 Å². The van der Waals surface area contributed by atoms with Crippen LogP contribution in [0.5, 0.6) is 0 Å². The van der Waals surface area contributed by atoms with Crippen molar-refractivity contribution in [2.75, 3.05) is 7.11 Å². The molecular weight excluding hydrogens is 96.0 g/mol. The molecule has 0 aromatic heterocycles. The van der Waals surface area contributed by atoms with E-state index in [9.17, 15) is 9.90 Å². The van der Waals surface area contributed by atoms with Crippen LogP contribution in [-0.2, 0) is 14.6 Å². The Morgan fingerprint density at radius 1 is 1.71 bits per heavy atom. The van der Waals surface area contributed by atoms with Crippen LogP contribution in [0.1, 0.15) is 0 Å². The van der Waals surface area contributed by atoms with Gasteiger partial charge in [0.25, 0.3) is 5.76 Å². The molecule has 0 aromatic rings. The molecule has 0 fully saturated rings. The monoisotopic (exact) mass is 101 g/mol. The molecule has 0 aliphatic heterocycles. The first kappa shape index (κ1) is 6.01. The summed E-state index contributed by atoms with van der Waals surface area (Å²) in [6.07, 6.45) is 0. The van der Waals surface area contributed by atoms with Gasteiger partial charge in [-0.25, -0.2) is 4.79 Å². The van der Waals surface area contributed by atoms with Crippen LogP contribution in [0.25, 0.3) is 0 Å². The van der Waals surface area contributed by atoms with Crippen molar-refractivity contribution in [3.63, 3.8) is 0 Å². The molecule has 0 rings (SSSR count). The third-order valence-electron chi connectivity index (χ3n) is 0.413. The lowest BCUT2D eigenvalue weighted by molar-refractivity contribution is -0.140. The molecular formula is C4H5O3. The van der Waals surface area contributed by atoms with E-state index in [0.717, 1.165) is 7.11 Å². The van der Waals surface area contributed by atoms with E-state index in [1.807, 2.05) is 0 Å². The summed E-state index contributed by atoms with van der Waals surface area (Å²) in [6, 6.07) is 0. The predicted octanol–water partition coefficient (Wildman–Crippen LogP) is 0.104. The number of methoxy groups -OCH3 is 1. The molecule has 39 valence electrons. The minimum atomic E-state index is -0.903. The number of carbonyl (C=O) groups excluding carboxylic acids is 1. The van der Waals surface area contributed by atoms with Crippen molar-refractivity contribution in [1.29, 1.82) is 0 Å². The SMILES string of the molecule is C=C([O])C(=O)OC. The van der Waals surface area contributed by atoms with Crippen LogP contribution in [0.4, 0.5) is 0 Å². The Labute approximate surface area is 41.2 Å². The van der Waals surface area contributed by atoms with E-state index in [1.54, 1.807) is 0 Å². The van der Waals surface area contributed by atoms with Crippen molar-refractivity contribution in [3.8, 4) is 0 Å². The summed E-state index contributed by atoms with van der Waals surface area (Å²) >= 11 is 0. The molecule has 0 aliphatic carbocycles. The van der Waals surface area contributed by atoms with Crippen molar-refractivity contribution >= 4 is 5.97 Å². The topological polar surface area (TPSA) is 46.2 Å². The number of esters is 1. The summed E-state index contributed by atoms with van der Waals surface area (Å²) in [5.74, 6) is -1.72. The van der Waals surface area contributed by atoms with Crippen molar-refractivity contribution in [2.24, 2.45) is 0 Å². The van der Waals surface area contributed by atoms with Gasteiger partial charge >= 0.3 is 5.97 Å². The standard InChI is InChI=1S/C4H5O3/c1-3(5)4(6)7-2/h1H2,2H3. The second kappa shape index (κ2) is 2.23. The van der Waals surface area contributed by atoms with Gasteiger partial charge in [0.2, 0.25) is 0 Å². The Balaban J connectivity index is 3.58. The van der Waals surface area contributed by atoms with E-state index < -0.39 is 11.7 Å². The molecule has 0 spiro atoms. The van der Waals surface area contributed by atoms with E-state index in [2.05, 4.69) is 11.3 Å². The van der Waals surface area contributed by atoms with Crippen LogP contribution in [0.3, 0.4) is 0 Å². The Kier molecular flexibility index (Phi) is 1.91. The Morgan fingerprint density at radius 2 is 2.14 bits per heavy atom. The molecule has 0 saturated heterocycles. The molecule has 0 aromatic carbocycles. The zero-order chi connectivity index (χ0) is 5.86. The van der Waals surface area contributed by atoms with Gasteiger partial charge in [0, 0.05) is 0 Å². The Bertz CT molecular complexity index is 95.1. The average molecular weight is 101 g/mol. The molecule has 0 bridgehead atoms. The van der Waals surface area contributed by atoms with E-state index >= 15 is 0 Å². The lowest BCUT2D eigenvalue weighted by Gasteiger charge is -1.87. The van der Waals surface area contributed by atoms with Crippen LogP contribution in [0.15, 0.2) is 12.3 Å². The third-order valence-corrected chi connectivity index (χ3v) is 0.413. The fraction of sp³-hybridized carbons (Fsp3) is 0.250. The molecule has 3 heteroatoms. The number of carbonyl (C=O) groups is 1. The Morgan fingerprint density at radius 3 is 2.14 bits per heavy atom. The van der Waals surface area contributed by atoms with Crippen molar-refractivity contribution in [3.05, 3.63) is 12.3 Å². The van der Waals surface area contributed by atoms with Crippen molar-refractivity contribution in [2.45, 2.75) is 0 Å². The number of rotatable bonds is 1. The molecule has 0 aliphatic rings. The largest absolute Gasteiger partial charge is 0.463 e. The minimum absolute atomic E-state index is 0.817. The lowest BCUT2D eigenvalue weighted by Crippen LogP contribution is -2.00. The molecule has 7 heavy (non-hydrogen) atoms. The normalized spacial score (nSPS) is 7.57. The second-order valence-corrected chi connectivity index (χ2v) is 0.915. The average Bonchev–Trinajstić information content (AvgIpc) is 1.65. The molecule has 3 nitrogen and oxygen atoms in total. The van der Waals surface area contributed by atoms with Gasteiger partial charge in [0.15, 0.2) is 0 Å². The molecule has 0 N–H and O–H groups in total. The van der Waals surface area contributed by atoms with Gasteiger partial charge in [-0.3, -0.25) is 5.11 Å². The summed E-state index contributed by atoms with van der Waals surface area (Å²) in [4.78, 5) is 9.88. The highest BCUT2D eigenvalue weighted by atomic mass is 16.5. The summed E-state index contributed by atoms with van der Waals surface area (Å²) in [6.45, 7) is 2.80. The molecule has 0 atom stereocenters. The molecule has 0 unspecified atom stereocenters. The molecule has 1 radical (unpaired) electrons. The number of hydrogen-bond acceptors (Lipinski definition) is 2. The predicted molar refractivity (Wildman–Crippen MR) is 21.8 cm³/mol. The summed E-state index contributed by atoms with van der Waals surface area (Å²) in [5, 5.41) is 9.79. The first-order valence-electron chi connectivity index (χ1n) is 1.62. The van der Waals surface area contributed by atoms with Gasteiger partial charge in [-0.1, -0.05) is 0 Å². The maximum atomic E-state index is 9.88. The van der Waals surface area contributed by atoms with Gasteiger partial charge in [0.1, 0.15) is 0 Å². The second-order valence-electron chi connectivity index (χ2n) is 0.915. The molecule has 0 amide bonds. The van der Waals surface area contributed by atoms with Crippen LogP contribution in [0, 0.1) is 0 Å². The zero-order valence-corrected chi connectivity index (χ0v) is 3.93. The van der Waals surface area contributed by atoms with Gasteiger partial charge in [0.05, 0.1) is 7.11 Å². The van der Waals surface area contributed by atoms with E-state index in [-0.39, 0.29) is 0 Å². The quantitative estimate of drug-likeness (QED) is 0.267. The molecule has 0 saturated carbocycles. The van der Waals surface area contributed by atoms with Gasteiger partial charge in [-0.15, -0.1) is 0 Å². The number of ether oxygens (including phenoxy) is 1. The van der Waals surface area contributed by atoms with Crippen LogP contribution >= 0.6 is 0 Å². The lowest BCUT2D eigenvalue weighted by atomic mass is 10.6. The molecule has 0 heterocycles. The highest BCUT2D eigenvalue weighted by Gasteiger charge is 2.02. The van der Waals surface area contributed by atoms with Crippen LogP contribution in [-0.4, -0.2) is 13.1 Å². The first-order chi connectivity index (χ1) is 3.18. The zero-order valence-electron chi connectivity index (χ0n) is 3.93. The summed E-state index contributed by atoms with van der Waals surface area (Å²) in [7, 11) is 1.13. The third kappa shape index (κ3) is 1.81. The van der Waals surface area contributed by atoms with Crippen molar-refractivity contribution < 1.29 is 14.6 Å². The van der Waals surface area contributed by atoms with Gasteiger partial charge in [-0.05, 0) is 6.58 Å².